The number of carbonyl (C=O) groups excluding carboxylic acids is 1. The zero-order valence-electron chi connectivity index (χ0n) is 12.0. The summed E-state index contributed by atoms with van der Waals surface area (Å²) < 4.78 is 0. The minimum absolute atomic E-state index is 0.0176. The van der Waals surface area contributed by atoms with Crippen LogP contribution in [0.25, 0.3) is 0 Å². The minimum atomic E-state index is -0.0871. The summed E-state index contributed by atoms with van der Waals surface area (Å²) in [6.07, 6.45) is 0.405. The standard InChI is InChI=1S/C13H29N3O/c1-6-16(7-2)9-8-15-12(17)10-11(14)13(3,4)5/h11H,6-10,14H2,1-5H3,(H,15,17). The average molecular weight is 243 g/mol. The van der Waals surface area contributed by atoms with Crippen LogP contribution in [0.3, 0.4) is 0 Å². The largest absolute Gasteiger partial charge is 0.355 e. The lowest BCUT2D eigenvalue weighted by atomic mass is 9.85. The summed E-state index contributed by atoms with van der Waals surface area (Å²) in [5.41, 5.74) is 5.95. The molecule has 1 amide bonds. The van der Waals surface area contributed by atoms with Gasteiger partial charge in [0, 0.05) is 25.6 Å². The zero-order chi connectivity index (χ0) is 13.5. The van der Waals surface area contributed by atoms with E-state index in [1.54, 1.807) is 0 Å². The van der Waals surface area contributed by atoms with Crippen molar-refractivity contribution in [3.63, 3.8) is 0 Å². The summed E-state index contributed by atoms with van der Waals surface area (Å²) in [6.45, 7) is 14.1. The lowest BCUT2D eigenvalue weighted by molar-refractivity contribution is -0.122. The van der Waals surface area contributed by atoms with Crippen LogP contribution < -0.4 is 11.1 Å². The van der Waals surface area contributed by atoms with Gasteiger partial charge in [0.2, 0.25) is 5.91 Å². The fourth-order valence-corrected chi connectivity index (χ4v) is 1.47. The van der Waals surface area contributed by atoms with E-state index in [2.05, 4.69) is 44.8 Å². The lowest BCUT2D eigenvalue weighted by Crippen LogP contribution is -2.41. The molecule has 0 aliphatic heterocycles. The monoisotopic (exact) mass is 243 g/mol. The van der Waals surface area contributed by atoms with Crippen molar-refractivity contribution in [3.8, 4) is 0 Å². The number of likely N-dealkylation sites (N-methyl/N-ethyl adjacent to an activating group) is 1. The van der Waals surface area contributed by atoms with E-state index >= 15 is 0 Å². The van der Waals surface area contributed by atoms with E-state index in [0.717, 1.165) is 19.6 Å². The fourth-order valence-electron chi connectivity index (χ4n) is 1.47. The van der Waals surface area contributed by atoms with Gasteiger partial charge in [0.1, 0.15) is 0 Å². The van der Waals surface area contributed by atoms with E-state index in [1.807, 2.05) is 0 Å². The summed E-state index contributed by atoms with van der Waals surface area (Å²) >= 11 is 0. The first kappa shape index (κ1) is 16.4. The molecule has 102 valence electrons. The third-order valence-corrected chi connectivity index (χ3v) is 3.16. The Bertz CT molecular complexity index is 219. The normalized spacial score (nSPS) is 13.8. The molecule has 17 heavy (non-hydrogen) atoms. The Morgan fingerprint density at radius 3 is 2.24 bits per heavy atom. The summed E-state index contributed by atoms with van der Waals surface area (Å²) in [5, 5.41) is 2.92. The molecule has 4 nitrogen and oxygen atoms in total. The molecule has 3 N–H and O–H groups in total. The molecule has 0 heterocycles. The SMILES string of the molecule is CCN(CC)CCNC(=O)CC(N)C(C)(C)C. The van der Waals surface area contributed by atoms with Gasteiger partial charge in [-0.3, -0.25) is 4.79 Å². The van der Waals surface area contributed by atoms with Gasteiger partial charge in [-0.15, -0.1) is 0 Å². The first-order valence-electron chi connectivity index (χ1n) is 6.55. The van der Waals surface area contributed by atoms with Gasteiger partial charge >= 0.3 is 0 Å². The molecule has 4 heteroatoms. The molecule has 0 spiro atoms. The Labute approximate surface area is 106 Å². The third-order valence-electron chi connectivity index (χ3n) is 3.16. The molecule has 0 aliphatic carbocycles. The topological polar surface area (TPSA) is 58.4 Å². The summed E-state index contributed by atoms with van der Waals surface area (Å²) in [6, 6.07) is -0.0871. The average Bonchev–Trinajstić information content (AvgIpc) is 2.23. The predicted molar refractivity (Wildman–Crippen MR) is 72.8 cm³/mol. The van der Waals surface area contributed by atoms with E-state index < -0.39 is 0 Å². The fraction of sp³-hybridized carbons (Fsp3) is 0.923. The van der Waals surface area contributed by atoms with Crippen molar-refractivity contribution in [3.05, 3.63) is 0 Å². The molecule has 0 aromatic carbocycles. The number of hydrogen-bond donors (Lipinski definition) is 2. The van der Waals surface area contributed by atoms with Crippen molar-refractivity contribution in [1.82, 2.24) is 10.2 Å². The van der Waals surface area contributed by atoms with E-state index in [4.69, 9.17) is 5.73 Å². The van der Waals surface area contributed by atoms with Crippen LogP contribution >= 0.6 is 0 Å². The predicted octanol–water partition coefficient (Wildman–Crippen LogP) is 1.21. The molecule has 0 aliphatic rings. The van der Waals surface area contributed by atoms with E-state index in [-0.39, 0.29) is 17.4 Å². The van der Waals surface area contributed by atoms with Crippen molar-refractivity contribution in [1.29, 1.82) is 0 Å². The molecule has 1 unspecified atom stereocenters. The number of hydrogen-bond acceptors (Lipinski definition) is 3. The quantitative estimate of drug-likeness (QED) is 0.706. The van der Waals surface area contributed by atoms with Gasteiger partial charge in [-0.05, 0) is 18.5 Å². The van der Waals surface area contributed by atoms with Crippen LogP contribution in [0.5, 0.6) is 0 Å². The highest BCUT2D eigenvalue weighted by Crippen LogP contribution is 2.19. The van der Waals surface area contributed by atoms with E-state index in [9.17, 15) is 4.79 Å². The maximum Gasteiger partial charge on any atom is 0.221 e. The van der Waals surface area contributed by atoms with E-state index in [0.29, 0.717) is 13.0 Å². The van der Waals surface area contributed by atoms with Gasteiger partial charge in [0.25, 0.3) is 0 Å². The lowest BCUT2D eigenvalue weighted by Gasteiger charge is -2.26. The summed E-state index contributed by atoms with van der Waals surface area (Å²) in [4.78, 5) is 13.9. The molecule has 0 aromatic rings. The third kappa shape index (κ3) is 7.34. The summed E-state index contributed by atoms with van der Waals surface area (Å²) in [5.74, 6) is 0.0552. The van der Waals surface area contributed by atoms with Gasteiger partial charge in [-0.2, -0.15) is 0 Å². The Morgan fingerprint density at radius 2 is 1.82 bits per heavy atom. The highest BCUT2D eigenvalue weighted by molar-refractivity contribution is 5.76. The maximum absolute atomic E-state index is 11.6. The van der Waals surface area contributed by atoms with Crippen molar-refractivity contribution in [2.75, 3.05) is 26.2 Å². The number of nitrogens with one attached hydrogen (secondary N) is 1. The second-order valence-electron chi connectivity index (χ2n) is 5.55. The smallest absolute Gasteiger partial charge is 0.221 e. The maximum atomic E-state index is 11.6. The molecule has 0 bridgehead atoms. The van der Waals surface area contributed by atoms with Crippen molar-refractivity contribution in [2.24, 2.45) is 11.1 Å². The van der Waals surface area contributed by atoms with Gasteiger partial charge in [-0.25, -0.2) is 0 Å². The first-order valence-corrected chi connectivity index (χ1v) is 6.55. The van der Waals surface area contributed by atoms with Gasteiger partial charge in [-0.1, -0.05) is 34.6 Å². The van der Waals surface area contributed by atoms with Crippen LogP contribution in [0.4, 0.5) is 0 Å². The van der Waals surface area contributed by atoms with Crippen molar-refractivity contribution >= 4 is 5.91 Å². The van der Waals surface area contributed by atoms with E-state index in [1.165, 1.54) is 0 Å². The van der Waals surface area contributed by atoms with Gasteiger partial charge in [0.15, 0.2) is 0 Å². The number of amides is 1. The summed E-state index contributed by atoms with van der Waals surface area (Å²) in [7, 11) is 0. The Balaban J connectivity index is 3.81. The second-order valence-corrected chi connectivity index (χ2v) is 5.55. The Hall–Kier alpha value is -0.610. The highest BCUT2D eigenvalue weighted by atomic mass is 16.1. The minimum Gasteiger partial charge on any atom is -0.355 e. The van der Waals surface area contributed by atoms with Crippen LogP contribution in [-0.2, 0) is 4.79 Å². The van der Waals surface area contributed by atoms with Crippen LogP contribution in [-0.4, -0.2) is 43.0 Å². The van der Waals surface area contributed by atoms with Gasteiger partial charge < -0.3 is 16.0 Å². The van der Waals surface area contributed by atoms with Crippen LogP contribution in [0.1, 0.15) is 41.0 Å². The Kier molecular flexibility index (Phi) is 7.39. The Morgan fingerprint density at radius 1 is 1.29 bits per heavy atom. The molecule has 0 rings (SSSR count). The highest BCUT2D eigenvalue weighted by Gasteiger charge is 2.22. The van der Waals surface area contributed by atoms with Crippen molar-refractivity contribution in [2.45, 2.75) is 47.1 Å². The molecule has 0 radical (unpaired) electrons. The van der Waals surface area contributed by atoms with Crippen molar-refractivity contribution < 1.29 is 4.79 Å². The van der Waals surface area contributed by atoms with Crippen LogP contribution in [0, 0.1) is 5.41 Å². The molecule has 0 saturated carbocycles. The second kappa shape index (κ2) is 7.67. The first-order chi connectivity index (χ1) is 7.81. The molecule has 0 saturated heterocycles. The number of rotatable bonds is 7. The molecule has 1 atom stereocenters. The van der Waals surface area contributed by atoms with Crippen LogP contribution in [0.2, 0.25) is 0 Å². The molecule has 0 fully saturated rings. The number of nitrogens with zero attached hydrogens (tertiary/aromatic N) is 1. The molecular weight excluding hydrogens is 214 g/mol. The molecular formula is C13H29N3O. The number of nitrogens with two attached hydrogens (primary N) is 1. The number of carbonyl (C=O) groups is 1. The van der Waals surface area contributed by atoms with Gasteiger partial charge in [0.05, 0.1) is 0 Å². The molecule has 0 aromatic heterocycles. The zero-order valence-corrected chi connectivity index (χ0v) is 12.0. The van der Waals surface area contributed by atoms with Crippen LogP contribution in [0.15, 0.2) is 0 Å².